The van der Waals surface area contributed by atoms with E-state index in [-0.39, 0.29) is 6.04 Å². The SMILES string of the molecule is CCOc1cc(CC(C)N)ccc1OCCn1ccnc1. The Morgan fingerprint density at radius 2 is 2.14 bits per heavy atom. The molecule has 1 unspecified atom stereocenters. The first-order valence-electron chi connectivity index (χ1n) is 7.29. The fourth-order valence-electron chi connectivity index (χ4n) is 2.12. The third-order valence-electron chi connectivity index (χ3n) is 3.03. The molecule has 0 spiro atoms. The molecule has 114 valence electrons. The smallest absolute Gasteiger partial charge is 0.161 e. The van der Waals surface area contributed by atoms with Crippen molar-refractivity contribution in [2.75, 3.05) is 13.2 Å². The highest BCUT2D eigenvalue weighted by Crippen LogP contribution is 2.29. The maximum absolute atomic E-state index is 5.84. The standard InChI is InChI=1S/C16H23N3O2/c1-3-20-16-11-14(10-13(2)17)4-5-15(16)21-9-8-19-7-6-18-12-19/h4-7,11-13H,3,8-10,17H2,1-2H3. The van der Waals surface area contributed by atoms with Gasteiger partial charge in [0.05, 0.1) is 19.5 Å². The Labute approximate surface area is 125 Å². The van der Waals surface area contributed by atoms with Gasteiger partial charge in [0.2, 0.25) is 0 Å². The minimum Gasteiger partial charge on any atom is -0.490 e. The Kier molecular flexibility index (Phi) is 5.63. The minimum absolute atomic E-state index is 0.132. The molecule has 2 rings (SSSR count). The molecule has 1 aromatic carbocycles. The average Bonchev–Trinajstić information content (AvgIpc) is 2.94. The van der Waals surface area contributed by atoms with Crippen molar-refractivity contribution in [3.63, 3.8) is 0 Å². The molecule has 5 heteroatoms. The van der Waals surface area contributed by atoms with Gasteiger partial charge < -0.3 is 19.8 Å². The molecule has 0 aliphatic heterocycles. The molecule has 1 aromatic heterocycles. The van der Waals surface area contributed by atoms with Crippen LogP contribution < -0.4 is 15.2 Å². The molecule has 2 N–H and O–H groups in total. The lowest BCUT2D eigenvalue weighted by Gasteiger charge is -2.14. The van der Waals surface area contributed by atoms with Gasteiger partial charge in [0.1, 0.15) is 6.61 Å². The van der Waals surface area contributed by atoms with Gasteiger partial charge in [-0.2, -0.15) is 0 Å². The highest BCUT2D eigenvalue weighted by molar-refractivity contribution is 5.43. The first-order chi connectivity index (χ1) is 10.2. The number of imidazole rings is 1. The minimum atomic E-state index is 0.132. The van der Waals surface area contributed by atoms with Gasteiger partial charge in [-0.25, -0.2) is 4.98 Å². The number of aromatic nitrogens is 2. The summed E-state index contributed by atoms with van der Waals surface area (Å²) in [5.74, 6) is 1.55. The summed E-state index contributed by atoms with van der Waals surface area (Å²) in [7, 11) is 0. The van der Waals surface area contributed by atoms with Crippen molar-refractivity contribution in [1.29, 1.82) is 0 Å². The van der Waals surface area contributed by atoms with Crippen molar-refractivity contribution >= 4 is 0 Å². The first-order valence-corrected chi connectivity index (χ1v) is 7.29. The van der Waals surface area contributed by atoms with Crippen LogP contribution in [0.4, 0.5) is 0 Å². The van der Waals surface area contributed by atoms with E-state index in [2.05, 4.69) is 4.98 Å². The maximum atomic E-state index is 5.84. The Hall–Kier alpha value is -2.01. The van der Waals surface area contributed by atoms with Gasteiger partial charge in [0, 0.05) is 18.4 Å². The van der Waals surface area contributed by atoms with Gasteiger partial charge >= 0.3 is 0 Å². The molecule has 5 nitrogen and oxygen atoms in total. The van der Waals surface area contributed by atoms with Gasteiger partial charge in [-0.15, -0.1) is 0 Å². The monoisotopic (exact) mass is 289 g/mol. The van der Waals surface area contributed by atoms with E-state index in [0.29, 0.717) is 13.2 Å². The summed E-state index contributed by atoms with van der Waals surface area (Å²) in [6, 6.07) is 6.14. The van der Waals surface area contributed by atoms with Crippen LogP contribution >= 0.6 is 0 Å². The summed E-state index contributed by atoms with van der Waals surface area (Å²) in [5.41, 5.74) is 7.00. The van der Waals surface area contributed by atoms with E-state index >= 15 is 0 Å². The molecule has 0 aliphatic rings. The maximum Gasteiger partial charge on any atom is 0.161 e. The van der Waals surface area contributed by atoms with Gasteiger partial charge in [0.25, 0.3) is 0 Å². The van der Waals surface area contributed by atoms with Crippen LogP contribution in [0.2, 0.25) is 0 Å². The van der Waals surface area contributed by atoms with Crippen LogP contribution in [0.25, 0.3) is 0 Å². The largest absolute Gasteiger partial charge is 0.490 e. The number of nitrogens with two attached hydrogens (primary N) is 1. The van der Waals surface area contributed by atoms with E-state index in [1.54, 1.807) is 12.5 Å². The molecule has 0 bridgehead atoms. The van der Waals surface area contributed by atoms with Gasteiger partial charge in [0.15, 0.2) is 11.5 Å². The molecule has 0 fully saturated rings. The molecule has 0 radical (unpaired) electrons. The predicted molar refractivity (Wildman–Crippen MR) is 82.7 cm³/mol. The van der Waals surface area contributed by atoms with Crippen molar-refractivity contribution in [3.05, 3.63) is 42.5 Å². The molecule has 21 heavy (non-hydrogen) atoms. The van der Waals surface area contributed by atoms with Crippen molar-refractivity contribution in [3.8, 4) is 11.5 Å². The molecular formula is C16H23N3O2. The normalized spacial score (nSPS) is 12.1. The van der Waals surface area contributed by atoms with E-state index in [1.807, 2.05) is 42.8 Å². The van der Waals surface area contributed by atoms with Crippen molar-refractivity contribution in [2.24, 2.45) is 5.73 Å². The van der Waals surface area contributed by atoms with E-state index in [4.69, 9.17) is 15.2 Å². The van der Waals surface area contributed by atoms with Crippen LogP contribution in [0, 0.1) is 0 Å². The third kappa shape index (κ3) is 4.79. The molecule has 0 amide bonds. The predicted octanol–water partition coefficient (Wildman–Crippen LogP) is 2.25. The first kappa shape index (κ1) is 15.4. The van der Waals surface area contributed by atoms with Crippen molar-refractivity contribution < 1.29 is 9.47 Å². The van der Waals surface area contributed by atoms with Crippen LogP contribution in [0.3, 0.4) is 0 Å². The number of hydrogen-bond donors (Lipinski definition) is 1. The van der Waals surface area contributed by atoms with E-state index in [9.17, 15) is 0 Å². The molecule has 1 atom stereocenters. The summed E-state index contributed by atoms with van der Waals surface area (Å²) in [6.07, 6.45) is 6.28. The van der Waals surface area contributed by atoms with E-state index < -0.39 is 0 Å². The third-order valence-corrected chi connectivity index (χ3v) is 3.03. The lowest BCUT2D eigenvalue weighted by molar-refractivity contribution is 0.266. The molecule has 0 saturated heterocycles. The summed E-state index contributed by atoms with van der Waals surface area (Å²) >= 11 is 0. The summed E-state index contributed by atoms with van der Waals surface area (Å²) in [5, 5.41) is 0. The second kappa shape index (κ2) is 7.69. The second-order valence-corrected chi connectivity index (χ2v) is 5.04. The average molecular weight is 289 g/mol. The highest BCUT2D eigenvalue weighted by Gasteiger charge is 2.08. The molecular weight excluding hydrogens is 266 g/mol. The summed E-state index contributed by atoms with van der Waals surface area (Å²) < 4.78 is 13.5. The zero-order chi connectivity index (χ0) is 15.1. The number of benzene rings is 1. The topological polar surface area (TPSA) is 62.3 Å². The van der Waals surface area contributed by atoms with Crippen LogP contribution in [0.1, 0.15) is 19.4 Å². The van der Waals surface area contributed by atoms with Crippen LogP contribution in [-0.4, -0.2) is 28.8 Å². The fourth-order valence-corrected chi connectivity index (χ4v) is 2.12. The number of hydrogen-bond acceptors (Lipinski definition) is 4. The second-order valence-electron chi connectivity index (χ2n) is 5.04. The zero-order valence-corrected chi connectivity index (χ0v) is 12.7. The Bertz CT molecular complexity index is 538. The Balaban J connectivity index is 1.99. The zero-order valence-electron chi connectivity index (χ0n) is 12.7. The fraction of sp³-hybridized carbons (Fsp3) is 0.438. The van der Waals surface area contributed by atoms with E-state index in [1.165, 1.54) is 0 Å². The summed E-state index contributed by atoms with van der Waals surface area (Å²) in [4.78, 5) is 4.00. The Morgan fingerprint density at radius 3 is 2.81 bits per heavy atom. The lowest BCUT2D eigenvalue weighted by Crippen LogP contribution is -2.17. The quantitative estimate of drug-likeness (QED) is 0.809. The molecule has 2 aromatic rings. The van der Waals surface area contributed by atoms with Crippen molar-refractivity contribution in [1.82, 2.24) is 9.55 Å². The number of nitrogens with zero attached hydrogens (tertiary/aromatic N) is 2. The van der Waals surface area contributed by atoms with Gasteiger partial charge in [-0.3, -0.25) is 0 Å². The van der Waals surface area contributed by atoms with Crippen LogP contribution in [-0.2, 0) is 13.0 Å². The number of rotatable bonds is 8. The summed E-state index contributed by atoms with van der Waals surface area (Å²) in [6.45, 7) is 5.90. The number of ether oxygens (including phenoxy) is 2. The molecule has 0 saturated carbocycles. The van der Waals surface area contributed by atoms with Crippen molar-refractivity contribution in [2.45, 2.75) is 32.9 Å². The molecule has 1 heterocycles. The van der Waals surface area contributed by atoms with Crippen LogP contribution in [0.5, 0.6) is 11.5 Å². The highest BCUT2D eigenvalue weighted by atomic mass is 16.5. The Morgan fingerprint density at radius 1 is 1.29 bits per heavy atom. The van der Waals surface area contributed by atoms with Gasteiger partial charge in [-0.05, 0) is 38.0 Å². The van der Waals surface area contributed by atoms with E-state index in [0.717, 1.165) is 30.0 Å². The van der Waals surface area contributed by atoms with Crippen LogP contribution in [0.15, 0.2) is 36.9 Å². The van der Waals surface area contributed by atoms with Gasteiger partial charge in [-0.1, -0.05) is 6.07 Å². The lowest BCUT2D eigenvalue weighted by atomic mass is 10.1. The molecule has 0 aliphatic carbocycles.